The van der Waals surface area contributed by atoms with E-state index in [4.69, 9.17) is 16.3 Å². The van der Waals surface area contributed by atoms with Crippen molar-refractivity contribution in [2.45, 2.75) is 19.3 Å². The molecule has 0 saturated heterocycles. The normalized spacial score (nSPS) is 17.8. The Morgan fingerprint density at radius 1 is 1.75 bits per heavy atom. The lowest BCUT2D eigenvalue weighted by Gasteiger charge is -2.06. The number of pyridine rings is 1. The lowest BCUT2D eigenvalue weighted by atomic mass is 9.99. The van der Waals surface area contributed by atoms with Crippen LogP contribution >= 0.6 is 11.6 Å². The predicted molar refractivity (Wildman–Crippen MR) is 59.1 cm³/mol. The minimum atomic E-state index is -0.480. The molecule has 0 aromatic carbocycles. The van der Waals surface area contributed by atoms with Crippen molar-refractivity contribution in [3.8, 4) is 5.75 Å². The summed E-state index contributed by atoms with van der Waals surface area (Å²) >= 11 is 5.95. The number of halogens is 1. The zero-order valence-corrected chi connectivity index (χ0v) is 9.87. The fourth-order valence-electron chi connectivity index (χ4n) is 1.79. The average Bonchev–Trinajstić information content (AvgIpc) is 2.71. The van der Waals surface area contributed by atoms with Gasteiger partial charge in [-0.2, -0.15) is 0 Å². The Morgan fingerprint density at radius 3 is 3.12 bits per heavy atom. The molecular formula is C11H12ClNO3. The number of rotatable bonds is 2. The number of fused-ring (bicyclic) bond motifs is 1. The molecule has 0 saturated carbocycles. The van der Waals surface area contributed by atoms with Crippen molar-refractivity contribution in [2.24, 2.45) is 0 Å². The second kappa shape index (κ2) is 4.29. The number of esters is 1. The van der Waals surface area contributed by atoms with Crippen molar-refractivity contribution in [1.29, 1.82) is 0 Å². The van der Waals surface area contributed by atoms with Crippen LogP contribution in [0.5, 0.6) is 5.75 Å². The number of ether oxygens (including phenoxy) is 2. The SMILES string of the molecule is CCC1COc2c1cc(C(=O)OC)nc2Cl. The van der Waals surface area contributed by atoms with Gasteiger partial charge in [-0.05, 0) is 12.5 Å². The van der Waals surface area contributed by atoms with Gasteiger partial charge in [-0.25, -0.2) is 9.78 Å². The summed E-state index contributed by atoms with van der Waals surface area (Å²) in [6.07, 6.45) is 0.938. The fraction of sp³-hybridized carbons (Fsp3) is 0.455. The molecule has 86 valence electrons. The molecule has 2 heterocycles. The summed E-state index contributed by atoms with van der Waals surface area (Å²) < 4.78 is 10.1. The van der Waals surface area contributed by atoms with Crippen molar-refractivity contribution >= 4 is 17.6 Å². The van der Waals surface area contributed by atoms with Crippen molar-refractivity contribution in [3.63, 3.8) is 0 Å². The molecule has 1 aliphatic heterocycles. The zero-order valence-electron chi connectivity index (χ0n) is 9.12. The highest BCUT2D eigenvalue weighted by Gasteiger charge is 2.27. The molecule has 1 atom stereocenters. The maximum atomic E-state index is 11.4. The third-order valence-corrected chi connectivity index (χ3v) is 2.97. The van der Waals surface area contributed by atoms with Gasteiger partial charge in [0.05, 0.1) is 13.7 Å². The van der Waals surface area contributed by atoms with Gasteiger partial charge in [-0.3, -0.25) is 0 Å². The maximum Gasteiger partial charge on any atom is 0.356 e. The Bertz CT molecular complexity index is 433. The lowest BCUT2D eigenvalue weighted by molar-refractivity contribution is 0.0594. The van der Waals surface area contributed by atoms with E-state index in [1.165, 1.54) is 7.11 Å². The second-order valence-electron chi connectivity index (χ2n) is 3.62. The summed E-state index contributed by atoms with van der Waals surface area (Å²) in [5.41, 5.74) is 1.18. The minimum absolute atomic E-state index is 0.230. The monoisotopic (exact) mass is 241 g/mol. The van der Waals surface area contributed by atoms with Gasteiger partial charge in [0.25, 0.3) is 0 Å². The van der Waals surface area contributed by atoms with E-state index in [0.29, 0.717) is 12.4 Å². The molecule has 0 bridgehead atoms. The molecule has 2 rings (SSSR count). The first-order valence-corrected chi connectivity index (χ1v) is 5.46. The van der Waals surface area contributed by atoms with Crippen LogP contribution in [0.2, 0.25) is 5.15 Å². The first-order chi connectivity index (χ1) is 7.67. The maximum absolute atomic E-state index is 11.4. The third-order valence-electron chi connectivity index (χ3n) is 2.72. The summed E-state index contributed by atoms with van der Waals surface area (Å²) in [6, 6.07) is 1.70. The molecule has 1 aromatic rings. The predicted octanol–water partition coefficient (Wildman–Crippen LogP) is 2.41. The second-order valence-corrected chi connectivity index (χ2v) is 3.98. The van der Waals surface area contributed by atoms with Gasteiger partial charge in [-0.15, -0.1) is 0 Å². The Kier molecular flexibility index (Phi) is 3.01. The Balaban J connectivity index is 2.47. The lowest BCUT2D eigenvalue weighted by Crippen LogP contribution is -2.05. The minimum Gasteiger partial charge on any atom is -0.489 e. The molecule has 0 spiro atoms. The number of methoxy groups -OCH3 is 1. The van der Waals surface area contributed by atoms with E-state index in [1.54, 1.807) is 6.07 Å². The van der Waals surface area contributed by atoms with Crippen LogP contribution in [-0.2, 0) is 4.74 Å². The van der Waals surface area contributed by atoms with Crippen LogP contribution in [0, 0.1) is 0 Å². The van der Waals surface area contributed by atoms with Gasteiger partial charge in [-0.1, -0.05) is 18.5 Å². The van der Waals surface area contributed by atoms with Crippen molar-refractivity contribution in [2.75, 3.05) is 13.7 Å². The van der Waals surface area contributed by atoms with Gasteiger partial charge >= 0.3 is 5.97 Å². The van der Waals surface area contributed by atoms with E-state index in [9.17, 15) is 4.79 Å². The van der Waals surface area contributed by atoms with E-state index in [1.807, 2.05) is 0 Å². The van der Waals surface area contributed by atoms with Crippen LogP contribution in [-0.4, -0.2) is 24.7 Å². The molecule has 5 heteroatoms. The number of hydrogen-bond donors (Lipinski definition) is 0. The summed E-state index contributed by atoms with van der Waals surface area (Å²) in [5, 5.41) is 0.230. The van der Waals surface area contributed by atoms with Crippen LogP contribution in [0.3, 0.4) is 0 Å². The zero-order chi connectivity index (χ0) is 11.7. The number of hydrogen-bond acceptors (Lipinski definition) is 4. The number of nitrogens with zero attached hydrogens (tertiary/aromatic N) is 1. The average molecular weight is 242 g/mol. The quantitative estimate of drug-likeness (QED) is 0.589. The highest BCUT2D eigenvalue weighted by Crippen LogP contribution is 2.40. The molecule has 1 aromatic heterocycles. The van der Waals surface area contributed by atoms with Crippen LogP contribution < -0.4 is 4.74 Å². The fourth-order valence-corrected chi connectivity index (χ4v) is 2.04. The molecule has 0 amide bonds. The van der Waals surface area contributed by atoms with E-state index in [0.717, 1.165) is 12.0 Å². The summed E-state index contributed by atoms with van der Waals surface area (Å²) in [4.78, 5) is 15.3. The van der Waals surface area contributed by atoms with Crippen LogP contribution in [0.25, 0.3) is 0 Å². The summed E-state index contributed by atoms with van der Waals surface area (Å²) in [5.74, 6) is 0.395. The van der Waals surface area contributed by atoms with Crippen LogP contribution in [0.15, 0.2) is 6.07 Å². The van der Waals surface area contributed by atoms with Crippen LogP contribution in [0.1, 0.15) is 35.3 Å². The molecule has 4 nitrogen and oxygen atoms in total. The number of aromatic nitrogens is 1. The van der Waals surface area contributed by atoms with Crippen molar-refractivity contribution in [3.05, 3.63) is 22.5 Å². The Hall–Kier alpha value is -1.29. The largest absolute Gasteiger partial charge is 0.489 e. The van der Waals surface area contributed by atoms with Crippen molar-refractivity contribution in [1.82, 2.24) is 4.98 Å². The number of carbonyl (C=O) groups is 1. The molecule has 16 heavy (non-hydrogen) atoms. The van der Waals surface area contributed by atoms with E-state index < -0.39 is 5.97 Å². The van der Waals surface area contributed by atoms with Gasteiger partial charge in [0, 0.05) is 11.5 Å². The van der Waals surface area contributed by atoms with E-state index in [2.05, 4.69) is 16.6 Å². The van der Waals surface area contributed by atoms with Gasteiger partial charge in [0.15, 0.2) is 16.6 Å². The smallest absolute Gasteiger partial charge is 0.356 e. The molecule has 1 aliphatic rings. The van der Waals surface area contributed by atoms with Crippen molar-refractivity contribution < 1.29 is 14.3 Å². The third kappa shape index (κ3) is 1.73. The van der Waals surface area contributed by atoms with Gasteiger partial charge < -0.3 is 9.47 Å². The number of carbonyl (C=O) groups excluding carboxylic acids is 1. The van der Waals surface area contributed by atoms with Gasteiger partial charge in [0.1, 0.15) is 0 Å². The molecule has 0 N–H and O–H groups in total. The molecular weight excluding hydrogens is 230 g/mol. The van der Waals surface area contributed by atoms with Gasteiger partial charge in [0.2, 0.25) is 0 Å². The molecule has 1 unspecified atom stereocenters. The topological polar surface area (TPSA) is 48.4 Å². The first kappa shape index (κ1) is 11.2. The van der Waals surface area contributed by atoms with E-state index in [-0.39, 0.29) is 16.8 Å². The Morgan fingerprint density at radius 2 is 2.50 bits per heavy atom. The Labute approximate surface area is 98.5 Å². The highest BCUT2D eigenvalue weighted by molar-refractivity contribution is 6.31. The molecule has 0 aliphatic carbocycles. The van der Waals surface area contributed by atoms with E-state index >= 15 is 0 Å². The highest BCUT2D eigenvalue weighted by atomic mass is 35.5. The molecule has 0 radical (unpaired) electrons. The van der Waals surface area contributed by atoms with Crippen LogP contribution in [0.4, 0.5) is 0 Å². The summed E-state index contributed by atoms with van der Waals surface area (Å²) in [7, 11) is 1.32. The molecule has 0 fully saturated rings. The standard InChI is InChI=1S/C11H12ClNO3/c1-3-6-5-16-9-7(6)4-8(11(14)15-2)13-10(9)12/h4,6H,3,5H2,1-2H3. The summed E-state index contributed by atoms with van der Waals surface area (Å²) in [6.45, 7) is 2.66. The first-order valence-electron chi connectivity index (χ1n) is 5.09.